The molecular formula is C16H30N2O. The Balaban J connectivity index is 1.60. The van der Waals surface area contributed by atoms with Crippen molar-refractivity contribution in [2.24, 2.45) is 5.92 Å². The molecule has 0 aromatic carbocycles. The summed E-state index contributed by atoms with van der Waals surface area (Å²) in [5.74, 6) is 0.975. The van der Waals surface area contributed by atoms with Crippen molar-refractivity contribution < 1.29 is 4.74 Å². The molecule has 0 radical (unpaired) electrons. The van der Waals surface area contributed by atoms with Gasteiger partial charge in [0.2, 0.25) is 0 Å². The minimum absolute atomic E-state index is 0.594. The summed E-state index contributed by atoms with van der Waals surface area (Å²) >= 11 is 0. The normalized spacial score (nSPS) is 33.9. The first-order chi connectivity index (χ1) is 9.38. The van der Waals surface area contributed by atoms with Gasteiger partial charge in [0.1, 0.15) is 0 Å². The fraction of sp³-hybridized carbons (Fsp3) is 1.00. The van der Waals surface area contributed by atoms with Crippen LogP contribution < -0.4 is 5.32 Å². The first kappa shape index (κ1) is 13.8. The van der Waals surface area contributed by atoms with Crippen LogP contribution in [0.15, 0.2) is 0 Å². The molecule has 3 fully saturated rings. The zero-order chi connectivity index (χ0) is 13.1. The maximum atomic E-state index is 5.51. The first-order valence-corrected chi connectivity index (χ1v) is 8.36. The lowest BCUT2D eigenvalue weighted by Gasteiger charge is -2.47. The Morgan fingerprint density at radius 2 is 1.89 bits per heavy atom. The minimum atomic E-state index is 0.594. The molecular weight excluding hydrogens is 236 g/mol. The SMILES string of the molecule is COCC(CNC1CC1)N1CCCC2CCCCC21. The van der Waals surface area contributed by atoms with Gasteiger partial charge in [-0.3, -0.25) is 4.90 Å². The van der Waals surface area contributed by atoms with Gasteiger partial charge in [-0.15, -0.1) is 0 Å². The van der Waals surface area contributed by atoms with Gasteiger partial charge in [-0.05, 0) is 51.0 Å². The second kappa shape index (κ2) is 6.55. The van der Waals surface area contributed by atoms with Gasteiger partial charge in [0.15, 0.2) is 0 Å². The summed E-state index contributed by atoms with van der Waals surface area (Å²) in [6.45, 7) is 3.31. The van der Waals surface area contributed by atoms with Gasteiger partial charge in [-0.25, -0.2) is 0 Å². The molecule has 110 valence electrons. The number of fused-ring (bicyclic) bond motifs is 1. The summed E-state index contributed by atoms with van der Waals surface area (Å²) in [5.41, 5.74) is 0. The van der Waals surface area contributed by atoms with E-state index < -0.39 is 0 Å². The molecule has 0 aromatic heterocycles. The Morgan fingerprint density at radius 1 is 1.11 bits per heavy atom. The fourth-order valence-corrected chi connectivity index (χ4v) is 4.17. The van der Waals surface area contributed by atoms with Gasteiger partial charge < -0.3 is 10.1 Å². The van der Waals surface area contributed by atoms with Gasteiger partial charge in [-0.1, -0.05) is 12.8 Å². The molecule has 3 unspecified atom stereocenters. The third kappa shape index (κ3) is 3.50. The van der Waals surface area contributed by atoms with Crippen LogP contribution in [0.2, 0.25) is 0 Å². The topological polar surface area (TPSA) is 24.5 Å². The van der Waals surface area contributed by atoms with Crippen LogP contribution >= 0.6 is 0 Å². The first-order valence-electron chi connectivity index (χ1n) is 8.36. The average molecular weight is 266 g/mol. The molecule has 3 rings (SSSR count). The van der Waals surface area contributed by atoms with Gasteiger partial charge in [0.05, 0.1) is 6.61 Å². The summed E-state index contributed by atoms with van der Waals surface area (Å²) in [4.78, 5) is 2.80. The monoisotopic (exact) mass is 266 g/mol. The zero-order valence-electron chi connectivity index (χ0n) is 12.4. The van der Waals surface area contributed by atoms with Crippen LogP contribution in [0.5, 0.6) is 0 Å². The van der Waals surface area contributed by atoms with Gasteiger partial charge >= 0.3 is 0 Å². The maximum absolute atomic E-state index is 5.51. The second-order valence-corrected chi connectivity index (χ2v) is 6.78. The third-order valence-corrected chi connectivity index (χ3v) is 5.33. The van der Waals surface area contributed by atoms with Crippen molar-refractivity contribution in [3.8, 4) is 0 Å². The highest BCUT2D eigenvalue weighted by Crippen LogP contribution is 2.36. The standard InChI is InChI=1S/C16H30N2O/c1-19-12-15(11-17-14-8-9-14)18-10-4-6-13-5-2-3-7-16(13)18/h13-17H,2-12H2,1H3. The lowest BCUT2D eigenvalue weighted by atomic mass is 9.78. The van der Waals surface area contributed by atoms with Crippen molar-refractivity contribution in [1.82, 2.24) is 10.2 Å². The molecule has 3 aliphatic rings. The van der Waals surface area contributed by atoms with Crippen molar-refractivity contribution in [3.63, 3.8) is 0 Å². The summed E-state index contributed by atoms with van der Waals surface area (Å²) in [5, 5.41) is 3.71. The van der Waals surface area contributed by atoms with E-state index in [1.54, 1.807) is 0 Å². The van der Waals surface area contributed by atoms with Crippen molar-refractivity contribution >= 4 is 0 Å². The molecule has 1 N–H and O–H groups in total. The van der Waals surface area contributed by atoms with Crippen LogP contribution in [-0.4, -0.2) is 49.8 Å². The Bertz CT molecular complexity index is 278. The highest BCUT2D eigenvalue weighted by molar-refractivity contribution is 4.92. The molecule has 2 saturated carbocycles. The molecule has 0 aromatic rings. The highest BCUT2D eigenvalue weighted by Gasteiger charge is 2.37. The third-order valence-electron chi connectivity index (χ3n) is 5.33. The molecule has 3 heteroatoms. The molecule has 19 heavy (non-hydrogen) atoms. The molecule has 1 aliphatic heterocycles. The van der Waals surface area contributed by atoms with Gasteiger partial charge in [0, 0.05) is 31.8 Å². The van der Waals surface area contributed by atoms with Crippen molar-refractivity contribution in [2.75, 3.05) is 26.8 Å². The van der Waals surface area contributed by atoms with E-state index in [9.17, 15) is 0 Å². The lowest BCUT2D eigenvalue weighted by molar-refractivity contribution is -0.00312. The number of methoxy groups -OCH3 is 1. The van der Waals surface area contributed by atoms with E-state index in [4.69, 9.17) is 4.74 Å². The predicted octanol–water partition coefficient (Wildman–Crippen LogP) is 2.41. The van der Waals surface area contributed by atoms with E-state index in [1.807, 2.05) is 7.11 Å². The van der Waals surface area contributed by atoms with E-state index >= 15 is 0 Å². The van der Waals surface area contributed by atoms with Crippen molar-refractivity contribution in [1.29, 1.82) is 0 Å². The van der Waals surface area contributed by atoms with E-state index in [-0.39, 0.29) is 0 Å². The molecule has 3 nitrogen and oxygen atoms in total. The smallest absolute Gasteiger partial charge is 0.0630 e. The highest BCUT2D eigenvalue weighted by atomic mass is 16.5. The van der Waals surface area contributed by atoms with E-state index in [0.717, 1.165) is 31.2 Å². The summed E-state index contributed by atoms with van der Waals surface area (Å²) in [6, 6.07) is 2.26. The number of hydrogen-bond acceptors (Lipinski definition) is 3. The largest absolute Gasteiger partial charge is 0.383 e. The lowest BCUT2D eigenvalue weighted by Crippen LogP contribution is -2.55. The maximum Gasteiger partial charge on any atom is 0.0630 e. The Kier molecular flexibility index (Phi) is 4.78. The van der Waals surface area contributed by atoms with Crippen LogP contribution in [0.1, 0.15) is 51.4 Å². The molecule has 3 atom stereocenters. The van der Waals surface area contributed by atoms with Crippen LogP contribution in [0.25, 0.3) is 0 Å². The molecule has 1 heterocycles. The van der Waals surface area contributed by atoms with Crippen molar-refractivity contribution in [2.45, 2.75) is 69.5 Å². The van der Waals surface area contributed by atoms with Crippen LogP contribution in [-0.2, 0) is 4.74 Å². The van der Waals surface area contributed by atoms with Crippen LogP contribution in [0, 0.1) is 5.92 Å². The van der Waals surface area contributed by atoms with Crippen molar-refractivity contribution in [3.05, 3.63) is 0 Å². The average Bonchev–Trinajstić information content (AvgIpc) is 3.27. The fourth-order valence-electron chi connectivity index (χ4n) is 4.17. The zero-order valence-corrected chi connectivity index (χ0v) is 12.4. The number of ether oxygens (including phenoxy) is 1. The molecule has 0 amide bonds. The van der Waals surface area contributed by atoms with Crippen LogP contribution in [0.3, 0.4) is 0 Å². The Hall–Kier alpha value is -0.120. The summed E-state index contributed by atoms with van der Waals surface area (Å²) in [7, 11) is 1.85. The molecule has 0 bridgehead atoms. The number of likely N-dealkylation sites (tertiary alicyclic amines) is 1. The minimum Gasteiger partial charge on any atom is -0.383 e. The molecule has 1 saturated heterocycles. The Morgan fingerprint density at radius 3 is 2.68 bits per heavy atom. The number of piperidine rings is 1. The predicted molar refractivity (Wildman–Crippen MR) is 78.4 cm³/mol. The number of nitrogens with zero attached hydrogens (tertiary/aromatic N) is 1. The van der Waals surface area contributed by atoms with Gasteiger partial charge in [-0.2, -0.15) is 0 Å². The second-order valence-electron chi connectivity index (χ2n) is 6.78. The Labute approximate surface area is 118 Å². The van der Waals surface area contributed by atoms with Crippen LogP contribution in [0.4, 0.5) is 0 Å². The molecule has 0 spiro atoms. The van der Waals surface area contributed by atoms with E-state index in [0.29, 0.717) is 6.04 Å². The summed E-state index contributed by atoms with van der Waals surface area (Å²) in [6.07, 6.45) is 11.4. The molecule has 2 aliphatic carbocycles. The van der Waals surface area contributed by atoms with E-state index in [2.05, 4.69) is 10.2 Å². The van der Waals surface area contributed by atoms with E-state index in [1.165, 1.54) is 57.9 Å². The van der Waals surface area contributed by atoms with Gasteiger partial charge in [0.25, 0.3) is 0 Å². The number of rotatable bonds is 6. The number of nitrogens with one attached hydrogen (secondary N) is 1. The quantitative estimate of drug-likeness (QED) is 0.799. The summed E-state index contributed by atoms with van der Waals surface area (Å²) < 4.78 is 5.51. The number of hydrogen-bond donors (Lipinski definition) is 1.